The third-order valence-electron chi connectivity index (χ3n) is 3.34. The molecular formula is C12H15BrN4. The van der Waals surface area contributed by atoms with Crippen molar-refractivity contribution >= 4 is 27.3 Å². The van der Waals surface area contributed by atoms with Gasteiger partial charge in [-0.1, -0.05) is 0 Å². The molecule has 0 aliphatic carbocycles. The van der Waals surface area contributed by atoms with Crippen molar-refractivity contribution in [2.75, 3.05) is 18.0 Å². The van der Waals surface area contributed by atoms with Crippen molar-refractivity contribution in [1.82, 2.24) is 14.6 Å². The summed E-state index contributed by atoms with van der Waals surface area (Å²) < 4.78 is 2.91. The maximum atomic E-state index is 4.48. The molecule has 1 fully saturated rings. The Kier molecular flexibility index (Phi) is 2.78. The zero-order chi connectivity index (χ0) is 11.8. The summed E-state index contributed by atoms with van der Waals surface area (Å²) in [4.78, 5) is 6.85. The summed E-state index contributed by atoms with van der Waals surface area (Å²) in [5.41, 5.74) is 2.35. The second kappa shape index (κ2) is 4.29. The van der Waals surface area contributed by atoms with Gasteiger partial charge in [-0.3, -0.25) is 0 Å². The Bertz CT molecular complexity index is 543. The lowest BCUT2D eigenvalue weighted by atomic mass is 10.1. The van der Waals surface area contributed by atoms with Crippen molar-refractivity contribution in [2.45, 2.75) is 26.2 Å². The Hall–Kier alpha value is -1.10. The minimum absolute atomic E-state index is 0.991. The second-order valence-electron chi connectivity index (χ2n) is 4.54. The fourth-order valence-corrected chi connectivity index (χ4v) is 3.11. The van der Waals surface area contributed by atoms with Crippen LogP contribution in [0.25, 0.3) is 5.52 Å². The van der Waals surface area contributed by atoms with Crippen molar-refractivity contribution in [3.05, 3.63) is 22.6 Å². The summed E-state index contributed by atoms with van der Waals surface area (Å²) in [6.07, 6.45) is 5.50. The molecule has 90 valence electrons. The van der Waals surface area contributed by atoms with Gasteiger partial charge in [0.25, 0.3) is 0 Å². The Labute approximate surface area is 109 Å². The van der Waals surface area contributed by atoms with Gasteiger partial charge in [-0.2, -0.15) is 5.10 Å². The Morgan fingerprint density at radius 2 is 2.00 bits per heavy atom. The molecule has 3 heterocycles. The topological polar surface area (TPSA) is 33.4 Å². The molecule has 1 aliphatic heterocycles. The van der Waals surface area contributed by atoms with E-state index >= 15 is 0 Å². The average Bonchev–Trinajstić information content (AvgIpc) is 2.66. The molecule has 0 atom stereocenters. The minimum atomic E-state index is 0.991. The van der Waals surface area contributed by atoms with Crippen LogP contribution in [0.4, 0.5) is 5.82 Å². The van der Waals surface area contributed by atoms with E-state index in [1.807, 2.05) is 4.52 Å². The molecule has 0 saturated carbocycles. The first-order valence-electron chi connectivity index (χ1n) is 6.01. The van der Waals surface area contributed by atoms with Crippen LogP contribution in [0, 0.1) is 6.92 Å². The molecule has 0 aromatic carbocycles. The van der Waals surface area contributed by atoms with E-state index in [9.17, 15) is 0 Å². The monoisotopic (exact) mass is 294 g/mol. The maximum absolute atomic E-state index is 4.48. The standard InChI is InChI=1S/C12H15BrN4/c1-9-7-10(13)17-11(9)12(14-8-15-17)16-5-3-2-4-6-16/h7-8H,2-6H2,1H3. The quantitative estimate of drug-likeness (QED) is 0.811. The summed E-state index contributed by atoms with van der Waals surface area (Å²) in [5.74, 6) is 1.07. The number of halogens is 1. The molecule has 3 rings (SSSR count). The number of hydrogen-bond acceptors (Lipinski definition) is 3. The minimum Gasteiger partial charge on any atom is -0.355 e. The van der Waals surface area contributed by atoms with Gasteiger partial charge in [0.05, 0.1) is 0 Å². The zero-order valence-corrected chi connectivity index (χ0v) is 11.4. The van der Waals surface area contributed by atoms with Gasteiger partial charge in [0, 0.05) is 13.1 Å². The van der Waals surface area contributed by atoms with Crippen molar-refractivity contribution in [3.63, 3.8) is 0 Å². The first-order chi connectivity index (χ1) is 8.27. The van der Waals surface area contributed by atoms with Crippen molar-refractivity contribution in [3.8, 4) is 0 Å². The molecule has 0 amide bonds. The number of aryl methyl sites for hydroxylation is 1. The lowest BCUT2D eigenvalue weighted by Crippen LogP contribution is -2.30. The van der Waals surface area contributed by atoms with Crippen LogP contribution < -0.4 is 4.90 Å². The van der Waals surface area contributed by atoms with E-state index in [1.165, 1.54) is 24.8 Å². The molecule has 0 bridgehead atoms. The molecule has 17 heavy (non-hydrogen) atoms. The van der Waals surface area contributed by atoms with Crippen molar-refractivity contribution < 1.29 is 0 Å². The number of aromatic nitrogens is 3. The van der Waals surface area contributed by atoms with Crippen LogP contribution in [0.5, 0.6) is 0 Å². The highest BCUT2D eigenvalue weighted by Crippen LogP contribution is 2.28. The zero-order valence-electron chi connectivity index (χ0n) is 9.86. The number of rotatable bonds is 1. The smallest absolute Gasteiger partial charge is 0.156 e. The van der Waals surface area contributed by atoms with Crippen molar-refractivity contribution in [1.29, 1.82) is 0 Å². The third-order valence-corrected chi connectivity index (χ3v) is 3.90. The molecule has 1 saturated heterocycles. The maximum Gasteiger partial charge on any atom is 0.156 e. The molecule has 4 nitrogen and oxygen atoms in total. The largest absolute Gasteiger partial charge is 0.355 e. The molecule has 0 N–H and O–H groups in total. The average molecular weight is 295 g/mol. The van der Waals surface area contributed by atoms with Gasteiger partial charge in [-0.05, 0) is 53.7 Å². The molecule has 5 heteroatoms. The fourth-order valence-electron chi connectivity index (χ4n) is 2.50. The van der Waals surface area contributed by atoms with Gasteiger partial charge in [-0.25, -0.2) is 9.50 Å². The summed E-state index contributed by atoms with van der Waals surface area (Å²) >= 11 is 3.53. The van der Waals surface area contributed by atoms with Crippen LogP contribution in [0.3, 0.4) is 0 Å². The Morgan fingerprint density at radius 3 is 2.76 bits per heavy atom. The molecule has 2 aromatic rings. The molecular weight excluding hydrogens is 280 g/mol. The predicted molar refractivity (Wildman–Crippen MR) is 71.5 cm³/mol. The number of nitrogens with zero attached hydrogens (tertiary/aromatic N) is 4. The van der Waals surface area contributed by atoms with E-state index < -0.39 is 0 Å². The summed E-state index contributed by atoms with van der Waals surface area (Å²) in [6, 6.07) is 2.09. The molecule has 0 radical (unpaired) electrons. The summed E-state index contributed by atoms with van der Waals surface area (Å²) in [7, 11) is 0. The number of fused-ring (bicyclic) bond motifs is 1. The summed E-state index contributed by atoms with van der Waals surface area (Å²) in [6.45, 7) is 4.32. The first-order valence-corrected chi connectivity index (χ1v) is 6.80. The van der Waals surface area contributed by atoms with Crippen LogP contribution >= 0.6 is 15.9 Å². The van der Waals surface area contributed by atoms with Gasteiger partial charge in [0.2, 0.25) is 0 Å². The van der Waals surface area contributed by atoms with Gasteiger partial charge >= 0.3 is 0 Å². The van der Waals surface area contributed by atoms with Crippen LogP contribution in [0.2, 0.25) is 0 Å². The van der Waals surface area contributed by atoms with Crippen LogP contribution in [0.1, 0.15) is 24.8 Å². The summed E-state index contributed by atoms with van der Waals surface area (Å²) in [5, 5.41) is 4.29. The SMILES string of the molecule is Cc1cc(Br)n2ncnc(N3CCCCC3)c12. The number of anilines is 1. The highest BCUT2D eigenvalue weighted by molar-refractivity contribution is 9.10. The molecule has 2 aromatic heterocycles. The Balaban J connectivity index is 2.15. The van der Waals surface area contributed by atoms with E-state index in [0.29, 0.717) is 0 Å². The fraction of sp³-hybridized carbons (Fsp3) is 0.500. The van der Waals surface area contributed by atoms with E-state index in [0.717, 1.165) is 29.0 Å². The third kappa shape index (κ3) is 1.82. The van der Waals surface area contributed by atoms with E-state index in [-0.39, 0.29) is 0 Å². The molecule has 1 aliphatic rings. The van der Waals surface area contributed by atoms with E-state index in [4.69, 9.17) is 0 Å². The van der Waals surface area contributed by atoms with E-state index in [2.05, 4.69) is 43.9 Å². The molecule has 0 spiro atoms. The second-order valence-corrected chi connectivity index (χ2v) is 5.35. The van der Waals surface area contributed by atoms with Gasteiger partial charge in [-0.15, -0.1) is 0 Å². The predicted octanol–water partition coefficient (Wildman–Crippen LogP) is 2.79. The van der Waals surface area contributed by atoms with Crippen LogP contribution in [-0.2, 0) is 0 Å². The Morgan fingerprint density at radius 1 is 1.24 bits per heavy atom. The number of hydrogen-bond donors (Lipinski definition) is 0. The van der Waals surface area contributed by atoms with Gasteiger partial charge < -0.3 is 4.90 Å². The van der Waals surface area contributed by atoms with Crippen molar-refractivity contribution in [2.24, 2.45) is 0 Å². The molecule has 0 unspecified atom stereocenters. The lowest BCUT2D eigenvalue weighted by molar-refractivity contribution is 0.573. The van der Waals surface area contributed by atoms with E-state index in [1.54, 1.807) is 6.33 Å². The normalized spacial score (nSPS) is 16.7. The number of piperidine rings is 1. The van der Waals surface area contributed by atoms with Gasteiger partial charge in [0.15, 0.2) is 5.82 Å². The highest BCUT2D eigenvalue weighted by Gasteiger charge is 2.18. The van der Waals surface area contributed by atoms with Crippen LogP contribution in [0.15, 0.2) is 17.0 Å². The highest BCUT2D eigenvalue weighted by atomic mass is 79.9. The lowest BCUT2D eigenvalue weighted by Gasteiger charge is -2.28. The van der Waals surface area contributed by atoms with Gasteiger partial charge in [0.1, 0.15) is 16.4 Å². The first kappa shape index (κ1) is 11.0. The van der Waals surface area contributed by atoms with Crippen LogP contribution in [-0.4, -0.2) is 27.7 Å².